The smallest absolute Gasteiger partial charge is 0.406 e. The van der Waals surface area contributed by atoms with E-state index in [1.165, 1.54) is 14.2 Å². The zero-order valence-corrected chi connectivity index (χ0v) is 21.7. The highest BCUT2D eigenvalue weighted by Gasteiger charge is 2.49. The van der Waals surface area contributed by atoms with Gasteiger partial charge in [0.1, 0.15) is 6.54 Å². The molecule has 3 aromatic heterocycles. The monoisotopic (exact) mass is 538 g/mol. The van der Waals surface area contributed by atoms with Gasteiger partial charge in [0.15, 0.2) is 5.65 Å². The Labute approximate surface area is 221 Å². The number of imidazole rings is 1. The number of hydrogen-bond acceptors (Lipinski definition) is 7. The molecule has 0 N–H and O–H groups in total. The van der Waals surface area contributed by atoms with Crippen molar-refractivity contribution in [1.29, 1.82) is 0 Å². The number of carbonyl (C=O) groups is 1. The Kier molecular flexibility index (Phi) is 5.56. The molecule has 1 aliphatic carbocycles. The molecule has 1 saturated carbocycles. The Morgan fingerprint density at radius 3 is 2.62 bits per heavy atom. The number of carbonyl (C=O) groups excluding carboxylic acids is 1. The second kappa shape index (κ2) is 8.65. The number of benzene rings is 1. The summed E-state index contributed by atoms with van der Waals surface area (Å²) in [4.78, 5) is 26.7. The maximum absolute atomic E-state index is 13.3. The topological polar surface area (TPSA) is 94.7 Å². The van der Waals surface area contributed by atoms with E-state index in [0.717, 1.165) is 22.4 Å². The first kappa shape index (κ1) is 25.1. The SMILES string of the molecule is COc1ncc(-c2cc(C3C[C@@H]3c3ccc4c(c3)N(CC(F)(F)F)C(=O)C4(C)C)c3nccn3n2)c(OC)n1. The Bertz CT molecular complexity index is 1620. The quantitative estimate of drug-likeness (QED) is 0.352. The number of hydrogen-bond donors (Lipinski definition) is 0. The van der Waals surface area contributed by atoms with E-state index in [0.29, 0.717) is 34.0 Å². The summed E-state index contributed by atoms with van der Waals surface area (Å²) in [5, 5.41) is 4.66. The third-order valence-electron chi connectivity index (χ3n) is 7.49. The molecule has 4 heterocycles. The van der Waals surface area contributed by atoms with E-state index in [1.54, 1.807) is 49.1 Å². The number of aromatic nitrogens is 5. The van der Waals surface area contributed by atoms with Crippen LogP contribution in [0.5, 0.6) is 11.9 Å². The molecule has 0 bridgehead atoms. The van der Waals surface area contributed by atoms with Gasteiger partial charge in [-0.05, 0) is 55.4 Å². The Morgan fingerprint density at radius 2 is 1.90 bits per heavy atom. The molecular weight excluding hydrogens is 513 g/mol. The van der Waals surface area contributed by atoms with Crippen LogP contribution in [-0.4, -0.2) is 57.4 Å². The lowest BCUT2D eigenvalue weighted by Gasteiger charge is -2.21. The van der Waals surface area contributed by atoms with Crippen molar-refractivity contribution >= 4 is 17.2 Å². The molecule has 1 amide bonds. The summed E-state index contributed by atoms with van der Waals surface area (Å²) in [6.45, 7) is 2.01. The van der Waals surface area contributed by atoms with Gasteiger partial charge in [0.05, 0.1) is 30.9 Å². The summed E-state index contributed by atoms with van der Waals surface area (Å²) in [5.74, 6) is -0.136. The van der Waals surface area contributed by atoms with E-state index in [9.17, 15) is 18.0 Å². The van der Waals surface area contributed by atoms with E-state index < -0.39 is 24.0 Å². The average molecular weight is 539 g/mol. The van der Waals surface area contributed by atoms with Crippen LogP contribution in [0.15, 0.2) is 42.9 Å². The maximum atomic E-state index is 13.3. The number of rotatable bonds is 6. The molecule has 1 aliphatic heterocycles. The van der Waals surface area contributed by atoms with Crippen molar-refractivity contribution in [2.75, 3.05) is 25.7 Å². The Hall–Kier alpha value is -4.22. The van der Waals surface area contributed by atoms with Crippen LogP contribution in [0, 0.1) is 0 Å². The van der Waals surface area contributed by atoms with Gasteiger partial charge in [0.25, 0.3) is 0 Å². The molecule has 2 aliphatic rings. The lowest BCUT2D eigenvalue weighted by atomic mass is 9.85. The third kappa shape index (κ3) is 4.14. The first-order valence-electron chi connectivity index (χ1n) is 12.3. The Morgan fingerprint density at radius 1 is 1.10 bits per heavy atom. The molecule has 9 nitrogen and oxygen atoms in total. The summed E-state index contributed by atoms with van der Waals surface area (Å²) in [5.41, 5.74) is 3.58. The van der Waals surface area contributed by atoms with E-state index in [2.05, 4.69) is 20.1 Å². The maximum Gasteiger partial charge on any atom is 0.406 e. The minimum absolute atomic E-state index is 0.0478. The van der Waals surface area contributed by atoms with Gasteiger partial charge in [-0.2, -0.15) is 23.3 Å². The third-order valence-corrected chi connectivity index (χ3v) is 7.49. The molecule has 0 radical (unpaired) electrons. The minimum Gasteiger partial charge on any atom is -0.480 e. The first-order chi connectivity index (χ1) is 18.5. The van der Waals surface area contributed by atoms with Crippen molar-refractivity contribution in [3.8, 4) is 23.1 Å². The summed E-state index contributed by atoms with van der Waals surface area (Å²) in [7, 11) is 2.97. The molecule has 1 unspecified atom stereocenters. The van der Waals surface area contributed by atoms with Gasteiger partial charge < -0.3 is 14.4 Å². The zero-order chi connectivity index (χ0) is 27.7. The number of fused-ring (bicyclic) bond motifs is 2. The number of anilines is 1. The summed E-state index contributed by atoms with van der Waals surface area (Å²) < 4.78 is 52.2. The predicted octanol–water partition coefficient (Wildman–Crippen LogP) is 4.66. The van der Waals surface area contributed by atoms with E-state index >= 15 is 0 Å². The fourth-order valence-corrected chi connectivity index (χ4v) is 5.46. The second-order valence-electron chi connectivity index (χ2n) is 10.3. The molecule has 6 rings (SSSR count). The highest BCUT2D eigenvalue weighted by atomic mass is 19.4. The average Bonchev–Trinajstić information content (AvgIpc) is 3.52. The van der Waals surface area contributed by atoms with E-state index in [-0.39, 0.29) is 17.8 Å². The molecular formula is C27H25F3N6O3. The summed E-state index contributed by atoms with van der Waals surface area (Å²) in [6, 6.07) is 7.54. The van der Waals surface area contributed by atoms with E-state index in [4.69, 9.17) is 9.47 Å². The van der Waals surface area contributed by atoms with Crippen molar-refractivity contribution in [3.63, 3.8) is 0 Å². The second-order valence-corrected chi connectivity index (χ2v) is 10.3. The van der Waals surface area contributed by atoms with Crippen LogP contribution in [0.2, 0.25) is 0 Å². The van der Waals surface area contributed by atoms with Crippen LogP contribution in [0.3, 0.4) is 0 Å². The van der Waals surface area contributed by atoms with Gasteiger partial charge in [-0.15, -0.1) is 0 Å². The number of alkyl halides is 3. The molecule has 1 aromatic carbocycles. The largest absolute Gasteiger partial charge is 0.480 e. The highest BCUT2D eigenvalue weighted by Crippen LogP contribution is 2.57. The number of ether oxygens (including phenoxy) is 2. The summed E-state index contributed by atoms with van der Waals surface area (Å²) >= 11 is 0. The van der Waals surface area contributed by atoms with Crippen LogP contribution in [0.4, 0.5) is 18.9 Å². The van der Waals surface area contributed by atoms with Gasteiger partial charge in [0, 0.05) is 29.8 Å². The van der Waals surface area contributed by atoms with Crippen LogP contribution >= 0.6 is 0 Å². The fraction of sp³-hybridized carbons (Fsp3) is 0.370. The fourth-order valence-electron chi connectivity index (χ4n) is 5.46. The molecule has 4 aromatic rings. The van der Waals surface area contributed by atoms with Crippen LogP contribution in [0.1, 0.15) is 48.8 Å². The van der Waals surface area contributed by atoms with Gasteiger partial charge in [0.2, 0.25) is 11.8 Å². The van der Waals surface area contributed by atoms with Crippen molar-refractivity contribution < 1.29 is 27.4 Å². The Balaban J connectivity index is 1.37. The normalized spacial score (nSPS) is 19.9. The van der Waals surface area contributed by atoms with Crippen LogP contribution < -0.4 is 14.4 Å². The predicted molar refractivity (Wildman–Crippen MR) is 135 cm³/mol. The van der Waals surface area contributed by atoms with Crippen molar-refractivity contribution in [3.05, 3.63) is 59.5 Å². The number of nitrogens with zero attached hydrogens (tertiary/aromatic N) is 6. The summed E-state index contributed by atoms with van der Waals surface area (Å²) in [6.07, 6.45) is 1.26. The molecule has 1 fully saturated rings. The minimum atomic E-state index is -4.50. The standard InChI is InChI=1S/C27H25F3N6O3/c1-26(2)19-6-5-14(9-21(19)35(24(26)37)13-27(28,29)30)15-10-16(15)17-11-20(34-36-8-7-31-22(17)36)18-12-32-25(39-4)33-23(18)38-3/h5-9,11-12,15-16H,10,13H2,1-4H3/t15-,16?/m1/s1. The molecule has 0 spiro atoms. The molecule has 39 heavy (non-hydrogen) atoms. The lowest BCUT2D eigenvalue weighted by Crippen LogP contribution is -2.41. The van der Waals surface area contributed by atoms with Gasteiger partial charge in [-0.3, -0.25) is 4.79 Å². The lowest BCUT2D eigenvalue weighted by molar-refractivity contribution is -0.134. The van der Waals surface area contributed by atoms with Crippen molar-refractivity contribution in [2.24, 2.45) is 0 Å². The van der Waals surface area contributed by atoms with Gasteiger partial charge in [-0.25, -0.2) is 14.5 Å². The number of amides is 1. The number of halogens is 3. The van der Waals surface area contributed by atoms with E-state index in [1.807, 2.05) is 12.1 Å². The molecule has 2 atom stereocenters. The molecule has 202 valence electrons. The zero-order valence-electron chi connectivity index (χ0n) is 21.7. The van der Waals surface area contributed by atoms with Crippen LogP contribution in [0.25, 0.3) is 16.9 Å². The highest BCUT2D eigenvalue weighted by molar-refractivity contribution is 6.07. The molecule has 12 heteroatoms. The molecule has 0 saturated heterocycles. The number of methoxy groups -OCH3 is 2. The van der Waals surface area contributed by atoms with Crippen molar-refractivity contribution in [1.82, 2.24) is 24.6 Å². The van der Waals surface area contributed by atoms with Crippen molar-refractivity contribution in [2.45, 2.75) is 43.7 Å². The van der Waals surface area contributed by atoms with Crippen LogP contribution in [-0.2, 0) is 10.2 Å². The van der Waals surface area contributed by atoms with Gasteiger partial charge >= 0.3 is 12.2 Å². The van der Waals surface area contributed by atoms with Gasteiger partial charge in [-0.1, -0.05) is 12.1 Å². The first-order valence-corrected chi connectivity index (χ1v) is 12.3.